The maximum Gasteiger partial charge on any atom is 0.345 e. The van der Waals surface area contributed by atoms with Crippen molar-refractivity contribution in [3.8, 4) is 23.2 Å². The molecule has 1 N–H and O–H groups in total. The fourth-order valence-corrected chi connectivity index (χ4v) is 2.89. The highest BCUT2D eigenvalue weighted by molar-refractivity contribution is 5.35. The first-order chi connectivity index (χ1) is 14.3. The minimum atomic E-state index is 0. The summed E-state index contributed by atoms with van der Waals surface area (Å²) in [5.41, 5.74) is 3.14. The van der Waals surface area contributed by atoms with Crippen LogP contribution in [0, 0.1) is 0 Å². The summed E-state index contributed by atoms with van der Waals surface area (Å²) < 4.78 is 12.7. The molecule has 1 heterocycles. The summed E-state index contributed by atoms with van der Waals surface area (Å²) in [6.45, 7) is 1.48. The van der Waals surface area contributed by atoms with Gasteiger partial charge in [-0.2, -0.15) is 4.68 Å². The maximum absolute atomic E-state index is 5.92. The Bertz CT molecular complexity index is 1050. The van der Waals surface area contributed by atoms with Crippen molar-refractivity contribution in [3.63, 3.8) is 0 Å². The number of halogens is 1. The second-order valence-electron chi connectivity index (χ2n) is 6.41. The van der Waals surface area contributed by atoms with Crippen molar-refractivity contribution in [2.75, 3.05) is 7.11 Å². The van der Waals surface area contributed by atoms with Gasteiger partial charge in [-0.3, -0.25) is 0 Å². The number of nitrogens with zero attached hydrogens (tertiary/aromatic N) is 4. The van der Waals surface area contributed by atoms with Crippen LogP contribution in [0.3, 0.4) is 0 Å². The molecular weight excluding hydrogens is 402 g/mol. The number of rotatable bonds is 8. The molecule has 0 aliphatic rings. The van der Waals surface area contributed by atoms with Crippen LogP contribution in [-0.2, 0) is 13.1 Å². The smallest absolute Gasteiger partial charge is 0.345 e. The lowest BCUT2D eigenvalue weighted by Crippen LogP contribution is -3.00. The van der Waals surface area contributed by atoms with Crippen LogP contribution in [0.4, 0.5) is 0 Å². The summed E-state index contributed by atoms with van der Waals surface area (Å²) >= 11 is 0. The van der Waals surface area contributed by atoms with Crippen molar-refractivity contribution in [1.82, 2.24) is 25.5 Å². The lowest BCUT2D eigenvalue weighted by molar-refractivity contribution is -0.00000696. The highest BCUT2D eigenvalue weighted by atomic mass is 35.5. The average Bonchev–Trinajstić information content (AvgIpc) is 3.23. The Hall–Kier alpha value is -3.42. The largest absolute Gasteiger partial charge is 1.00 e. The molecule has 0 spiro atoms. The SMILES string of the molecule is COc1ccc(CNCc2cccc(Oc3nnnn3-c3ccccc3)c2)cc1.[Cl-]. The molecule has 3 aromatic carbocycles. The van der Waals surface area contributed by atoms with Gasteiger partial charge in [-0.1, -0.05) is 47.6 Å². The van der Waals surface area contributed by atoms with Gasteiger partial charge in [0.2, 0.25) is 0 Å². The number of hydrogen-bond donors (Lipinski definition) is 1. The van der Waals surface area contributed by atoms with E-state index in [1.54, 1.807) is 11.8 Å². The molecule has 4 aromatic rings. The molecule has 0 saturated heterocycles. The summed E-state index contributed by atoms with van der Waals surface area (Å²) in [5.74, 6) is 1.54. The summed E-state index contributed by atoms with van der Waals surface area (Å²) in [5, 5.41) is 15.2. The van der Waals surface area contributed by atoms with Crippen molar-refractivity contribution in [3.05, 3.63) is 90.0 Å². The van der Waals surface area contributed by atoms with Crippen molar-refractivity contribution in [2.24, 2.45) is 0 Å². The topological polar surface area (TPSA) is 74.1 Å². The monoisotopic (exact) mass is 422 g/mol. The van der Waals surface area contributed by atoms with E-state index in [1.807, 2.05) is 66.7 Å². The third-order valence-corrected chi connectivity index (χ3v) is 4.37. The van der Waals surface area contributed by atoms with Gasteiger partial charge in [-0.05, 0) is 58.0 Å². The number of methoxy groups -OCH3 is 1. The van der Waals surface area contributed by atoms with E-state index in [2.05, 4.69) is 33.0 Å². The van der Waals surface area contributed by atoms with E-state index in [0.717, 1.165) is 23.5 Å². The van der Waals surface area contributed by atoms with Gasteiger partial charge in [-0.25, -0.2) is 0 Å². The van der Waals surface area contributed by atoms with E-state index in [9.17, 15) is 0 Å². The molecule has 0 aliphatic carbocycles. The van der Waals surface area contributed by atoms with Crippen molar-refractivity contribution in [1.29, 1.82) is 0 Å². The van der Waals surface area contributed by atoms with Crippen molar-refractivity contribution in [2.45, 2.75) is 13.1 Å². The average molecular weight is 423 g/mol. The quantitative estimate of drug-likeness (QED) is 0.452. The summed E-state index contributed by atoms with van der Waals surface area (Å²) in [6, 6.07) is 25.8. The van der Waals surface area contributed by atoms with Gasteiger partial charge < -0.3 is 27.2 Å². The minimum Gasteiger partial charge on any atom is -1.00 e. The molecule has 8 heteroatoms. The lowest BCUT2D eigenvalue weighted by Gasteiger charge is -2.09. The zero-order valence-electron chi connectivity index (χ0n) is 16.4. The number of ether oxygens (including phenoxy) is 2. The summed E-state index contributed by atoms with van der Waals surface area (Å²) in [4.78, 5) is 0. The molecule has 30 heavy (non-hydrogen) atoms. The molecule has 154 valence electrons. The first kappa shape index (κ1) is 21.3. The van der Waals surface area contributed by atoms with Gasteiger partial charge in [0.25, 0.3) is 0 Å². The lowest BCUT2D eigenvalue weighted by atomic mass is 10.2. The number of nitrogens with one attached hydrogen (secondary N) is 1. The molecule has 1 aromatic heterocycles. The molecule has 4 rings (SSSR count). The van der Waals surface area contributed by atoms with E-state index in [0.29, 0.717) is 18.3 Å². The first-order valence-electron chi connectivity index (χ1n) is 9.26. The molecule has 0 amide bonds. The van der Waals surface area contributed by atoms with Gasteiger partial charge in [-0.15, -0.1) is 0 Å². The molecule has 0 unspecified atom stereocenters. The van der Waals surface area contributed by atoms with Crippen molar-refractivity contribution < 1.29 is 21.9 Å². The molecule has 0 saturated carbocycles. The Labute approximate surface area is 181 Å². The van der Waals surface area contributed by atoms with E-state index in [1.165, 1.54) is 5.56 Å². The van der Waals surface area contributed by atoms with Gasteiger partial charge in [0.05, 0.1) is 12.8 Å². The number of aromatic nitrogens is 4. The molecule has 0 aliphatic heterocycles. The van der Waals surface area contributed by atoms with Gasteiger partial charge in [0.15, 0.2) is 0 Å². The standard InChI is InChI=1S/C22H21N5O2.ClH/c1-28-20-12-10-17(11-13-20)15-23-16-18-6-5-9-21(14-18)29-22-24-25-26-27(22)19-7-3-2-4-8-19;/h2-14,23H,15-16H2,1H3;1H/p-1. The Balaban J connectivity index is 0.00000256. The van der Waals surface area contributed by atoms with Crippen LogP contribution in [0.15, 0.2) is 78.9 Å². The van der Waals surface area contributed by atoms with Gasteiger partial charge >= 0.3 is 6.01 Å². The molecule has 0 atom stereocenters. The summed E-state index contributed by atoms with van der Waals surface area (Å²) in [6.07, 6.45) is 0. The van der Waals surface area contributed by atoms with Crippen LogP contribution in [0.1, 0.15) is 11.1 Å². The predicted molar refractivity (Wildman–Crippen MR) is 109 cm³/mol. The molecule has 0 radical (unpaired) electrons. The molecule has 7 nitrogen and oxygen atoms in total. The molecular formula is C22H21ClN5O2-. The van der Waals surface area contributed by atoms with E-state index in [-0.39, 0.29) is 12.4 Å². The zero-order valence-corrected chi connectivity index (χ0v) is 17.2. The third-order valence-electron chi connectivity index (χ3n) is 4.37. The van der Waals surface area contributed by atoms with Gasteiger partial charge in [0, 0.05) is 13.1 Å². The number of hydrogen-bond acceptors (Lipinski definition) is 6. The van der Waals surface area contributed by atoms with Crippen LogP contribution in [0.2, 0.25) is 0 Å². The number of tetrazole rings is 1. The minimum absolute atomic E-state index is 0. The fourth-order valence-electron chi connectivity index (χ4n) is 2.89. The predicted octanol–water partition coefficient (Wildman–Crippen LogP) is 0.757. The highest BCUT2D eigenvalue weighted by Crippen LogP contribution is 2.22. The van der Waals surface area contributed by atoms with Crippen LogP contribution in [0.25, 0.3) is 5.69 Å². The van der Waals surface area contributed by atoms with Crippen molar-refractivity contribution >= 4 is 0 Å². The maximum atomic E-state index is 5.92. The summed E-state index contributed by atoms with van der Waals surface area (Å²) in [7, 11) is 1.67. The zero-order chi connectivity index (χ0) is 19.9. The Kier molecular flexibility index (Phi) is 7.37. The second kappa shape index (κ2) is 10.4. The number of benzene rings is 3. The third kappa shape index (κ3) is 5.34. The number of para-hydroxylation sites is 1. The van der Waals surface area contributed by atoms with Crippen LogP contribution < -0.4 is 27.2 Å². The molecule has 0 fully saturated rings. The normalized spacial score (nSPS) is 10.3. The van der Waals surface area contributed by atoms with Gasteiger partial charge in [0.1, 0.15) is 11.5 Å². The van der Waals surface area contributed by atoms with E-state index >= 15 is 0 Å². The van der Waals surface area contributed by atoms with E-state index in [4.69, 9.17) is 9.47 Å². The highest BCUT2D eigenvalue weighted by Gasteiger charge is 2.10. The second-order valence-corrected chi connectivity index (χ2v) is 6.41. The molecule has 0 bridgehead atoms. The van der Waals surface area contributed by atoms with Crippen LogP contribution >= 0.6 is 0 Å². The van der Waals surface area contributed by atoms with E-state index < -0.39 is 0 Å². The fraction of sp³-hybridized carbons (Fsp3) is 0.136. The van der Waals surface area contributed by atoms with Crippen LogP contribution in [-0.4, -0.2) is 27.3 Å². The first-order valence-corrected chi connectivity index (χ1v) is 9.26. The Morgan fingerprint density at radius 3 is 2.37 bits per heavy atom. The van der Waals surface area contributed by atoms with Crippen LogP contribution in [0.5, 0.6) is 17.5 Å². The Morgan fingerprint density at radius 2 is 1.60 bits per heavy atom. The Morgan fingerprint density at radius 1 is 0.833 bits per heavy atom.